The molecule has 0 radical (unpaired) electrons. The fraction of sp³-hybridized carbons (Fsp3) is 0.500. The molecule has 8 heteroatoms. The first-order chi connectivity index (χ1) is 14.2. The van der Waals surface area contributed by atoms with Gasteiger partial charge in [-0.15, -0.1) is 35.3 Å². The van der Waals surface area contributed by atoms with Crippen LogP contribution in [0.1, 0.15) is 35.7 Å². The highest BCUT2D eigenvalue weighted by Gasteiger charge is 2.40. The standard InChI is InChI=1S/C22H29FN4OS.HI/c1-15-14-27(9-10-28-15)20(21-8-5-11-29-21)13-25-22(24-2)26-19-12-17(19)16-6-3-4-7-18(16)23;/h3-8,11,15,17,19-20H,9-10,12-14H2,1-2H3,(H2,24,25,26);1H. The lowest BCUT2D eigenvalue weighted by molar-refractivity contribution is -0.0334. The topological polar surface area (TPSA) is 48.9 Å². The van der Waals surface area contributed by atoms with E-state index in [4.69, 9.17) is 4.74 Å². The van der Waals surface area contributed by atoms with Crippen LogP contribution in [-0.2, 0) is 4.74 Å². The molecule has 164 valence electrons. The minimum Gasteiger partial charge on any atom is -0.376 e. The van der Waals surface area contributed by atoms with Crippen LogP contribution in [-0.4, -0.2) is 56.3 Å². The number of hydrogen-bond acceptors (Lipinski definition) is 4. The maximum atomic E-state index is 14.0. The molecule has 1 saturated heterocycles. The minimum atomic E-state index is -0.121. The van der Waals surface area contributed by atoms with Gasteiger partial charge < -0.3 is 15.4 Å². The lowest BCUT2D eigenvalue weighted by atomic mass is 10.1. The smallest absolute Gasteiger partial charge is 0.191 e. The average molecular weight is 544 g/mol. The first-order valence-corrected chi connectivity index (χ1v) is 11.1. The number of hydrogen-bond donors (Lipinski definition) is 2. The Labute approximate surface area is 199 Å². The number of guanidine groups is 1. The van der Waals surface area contributed by atoms with Crippen molar-refractivity contribution < 1.29 is 9.13 Å². The number of aliphatic imine (C=N–C) groups is 1. The van der Waals surface area contributed by atoms with Gasteiger partial charge >= 0.3 is 0 Å². The van der Waals surface area contributed by atoms with Crippen molar-refractivity contribution in [3.05, 3.63) is 58.0 Å². The summed E-state index contributed by atoms with van der Waals surface area (Å²) in [5.41, 5.74) is 0.791. The number of morpholine rings is 1. The maximum absolute atomic E-state index is 14.0. The van der Waals surface area contributed by atoms with Crippen molar-refractivity contribution in [2.24, 2.45) is 4.99 Å². The Balaban J connectivity index is 0.00000256. The second-order valence-electron chi connectivity index (χ2n) is 7.78. The van der Waals surface area contributed by atoms with Crippen LogP contribution in [0.2, 0.25) is 0 Å². The van der Waals surface area contributed by atoms with Crippen LogP contribution in [0.25, 0.3) is 0 Å². The van der Waals surface area contributed by atoms with Crippen molar-refractivity contribution in [2.75, 3.05) is 33.3 Å². The third kappa shape index (κ3) is 5.72. The number of rotatable bonds is 6. The van der Waals surface area contributed by atoms with Gasteiger partial charge in [-0.3, -0.25) is 9.89 Å². The predicted octanol–water partition coefficient (Wildman–Crippen LogP) is 3.99. The molecule has 2 N–H and O–H groups in total. The van der Waals surface area contributed by atoms with Crippen LogP contribution in [0, 0.1) is 5.82 Å². The van der Waals surface area contributed by atoms with E-state index in [1.807, 2.05) is 12.1 Å². The molecule has 0 amide bonds. The van der Waals surface area contributed by atoms with Gasteiger partial charge in [0.15, 0.2) is 5.96 Å². The summed E-state index contributed by atoms with van der Waals surface area (Å²) >= 11 is 1.79. The molecule has 1 aromatic carbocycles. The highest BCUT2D eigenvalue weighted by molar-refractivity contribution is 14.0. The summed E-state index contributed by atoms with van der Waals surface area (Å²) in [6, 6.07) is 11.9. The summed E-state index contributed by atoms with van der Waals surface area (Å²) < 4.78 is 19.8. The zero-order valence-corrected chi connectivity index (χ0v) is 20.5. The first kappa shape index (κ1) is 23.4. The summed E-state index contributed by atoms with van der Waals surface area (Å²) in [5, 5.41) is 9.09. The number of benzene rings is 1. The summed E-state index contributed by atoms with van der Waals surface area (Å²) in [7, 11) is 1.78. The minimum absolute atomic E-state index is 0. The molecule has 2 aliphatic rings. The number of thiophene rings is 1. The largest absolute Gasteiger partial charge is 0.376 e. The van der Waals surface area contributed by atoms with Gasteiger partial charge in [0, 0.05) is 43.5 Å². The normalized spacial score (nSPS) is 25.3. The third-order valence-corrected chi connectivity index (χ3v) is 6.66. The van der Waals surface area contributed by atoms with Gasteiger partial charge in [0.25, 0.3) is 0 Å². The molecule has 1 saturated carbocycles. The molecule has 1 aromatic heterocycles. The van der Waals surface area contributed by atoms with E-state index in [1.165, 1.54) is 10.9 Å². The van der Waals surface area contributed by atoms with Crippen LogP contribution in [0.15, 0.2) is 46.8 Å². The second kappa shape index (κ2) is 10.9. The van der Waals surface area contributed by atoms with Crippen LogP contribution < -0.4 is 10.6 Å². The van der Waals surface area contributed by atoms with E-state index in [0.717, 1.165) is 44.2 Å². The number of nitrogens with zero attached hydrogens (tertiary/aromatic N) is 2. The molecule has 5 nitrogen and oxygen atoms in total. The summed E-state index contributed by atoms with van der Waals surface area (Å²) in [5.74, 6) is 0.864. The third-order valence-electron chi connectivity index (χ3n) is 5.69. The van der Waals surface area contributed by atoms with Gasteiger partial charge in [0.1, 0.15) is 5.82 Å². The van der Waals surface area contributed by atoms with E-state index in [0.29, 0.717) is 0 Å². The molecule has 0 bridgehead atoms. The highest BCUT2D eigenvalue weighted by atomic mass is 127. The molecule has 2 fully saturated rings. The van der Waals surface area contributed by atoms with Gasteiger partial charge in [-0.25, -0.2) is 4.39 Å². The molecular weight excluding hydrogens is 514 g/mol. The van der Waals surface area contributed by atoms with Crippen LogP contribution in [0.3, 0.4) is 0 Å². The molecular formula is C22H30FIN4OS. The molecule has 4 unspecified atom stereocenters. The number of nitrogens with one attached hydrogen (secondary N) is 2. The summed E-state index contributed by atoms with van der Waals surface area (Å²) in [4.78, 5) is 8.22. The Hall–Kier alpha value is -1.23. The van der Waals surface area contributed by atoms with E-state index < -0.39 is 0 Å². The Kier molecular flexibility index (Phi) is 8.50. The van der Waals surface area contributed by atoms with Crippen molar-refractivity contribution in [1.82, 2.24) is 15.5 Å². The van der Waals surface area contributed by atoms with Crippen LogP contribution >= 0.6 is 35.3 Å². The van der Waals surface area contributed by atoms with Crippen molar-refractivity contribution >= 4 is 41.3 Å². The monoisotopic (exact) mass is 544 g/mol. The zero-order valence-electron chi connectivity index (χ0n) is 17.4. The fourth-order valence-electron chi connectivity index (χ4n) is 4.06. The van der Waals surface area contributed by atoms with E-state index in [-0.39, 0.29) is 53.9 Å². The summed E-state index contributed by atoms with van der Waals surface area (Å²) in [6.45, 7) is 5.51. The molecule has 1 aliphatic heterocycles. The molecule has 4 rings (SSSR count). The predicted molar refractivity (Wildman–Crippen MR) is 132 cm³/mol. The van der Waals surface area contributed by atoms with Gasteiger partial charge in [0.2, 0.25) is 0 Å². The quantitative estimate of drug-likeness (QED) is 0.328. The van der Waals surface area contributed by atoms with E-state index in [1.54, 1.807) is 24.5 Å². The maximum Gasteiger partial charge on any atom is 0.191 e. The molecule has 30 heavy (non-hydrogen) atoms. The lowest BCUT2D eigenvalue weighted by Crippen LogP contribution is -2.48. The zero-order chi connectivity index (χ0) is 20.2. The van der Waals surface area contributed by atoms with Crippen molar-refractivity contribution in [3.63, 3.8) is 0 Å². The molecule has 1 aliphatic carbocycles. The Morgan fingerprint density at radius 2 is 2.17 bits per heavy atom. The number of ether oxygens (including phenoxy) is 1. The Morgan fingerprint density at radius 3 is 2.87 bits per heavy atom. The van der Waals surface area contributed by atoms with E-state index in [9.17, 15) is 4.39 Å². The molecule has 2 heterocycles. The first-order valence-electron chi connectivity index (χ1n) is 10.3. The highest BCUT2D eigenvalue weighted by Crippen LogP contribution is 2.41. The van der Waals surface area contributed by atoms with Gasteiger partial charge in [0.05, 0.1) is 18.8 Å². The van der Waals surface area contributed by atoms with Gasteiger partial charge in [-0.2, -0.15) is 0 Å². The summed E-state index contributed by atoms with van der Waals surface area (Å²) in [6.07, 6.45) is 1.17. The second-order valence-corrected chi connectivity index (χ2v) is 8.75. The Morgan fingerprint density at radius 1 is 1.33 bits per heavy atom. The van der Waals surface area contributed by atoms with Crippen molar-refractivity contribution in [1.29, 1.82) is 0 Å². The van der Waals surface area contributed by atoms with E-state index in [2.05, 4.69) is 45.0 Å². The van der Waals surface area contributed by atoms with Gasteiger partial charge in [-0.05, 0) is 36.4 Å². The van der Waals surface area contributed by atoms with Crippen LogP contribution in [0.4, 0.5) is 4.39 Å². The number of halogens is 2. The fourth-order valence-corrected chi connectivity index (χ4v) is 4.92. The molecule has 2 aromatic rings. The molecule has 0 spiro atoms. The average Bonchev–Trinajstić information content (AvgIpc) is 3.26. The van der Waals surface area contributed by atoms with Crippen molar-refractivity contribution in [3.8, 4) is 0 Å². The van der Waals surface area contributed by atoms with Gasteiger partial charge in [-0.1, -0.05) is 24.3 Å². The van der Waals surface area contributed by atoms with Crippen molar-refractivity contribution in [2.45, 2.75) is 37.5 Å². The lowest BCUT2D eigenvalue weighted by Gasteiger charge is -2.37. The van der Waals surface area contributed by atoms with E-state index >= 15 is 0 Å². The molecule has 4 atom stereocenters. The van der Waals surface area contributed by atoms with Crippen LogP contribution in [0.5, 0.6) is 0 Å². The SMILES string of the molecule is CN=C(NCC(c1cccs1)N1CCOC(C)C1)NC1CC1c1ccccc1F.I. The Bertz CT molecular complexity index is 834.